The van der Waals surface area contributed by atoms with Gasteiger partial charge in [0.05, 0.1) is 27.0 Å². The standard InChI is InChI=1S/C27H26N2O4S/c1-31-22-12-10-20(11-13-22)23-18-34-27(28-23)29(26(30)21-7-5-4-6-8-21)16-15-19-9-14-24(32-2)25(17-19)33-3/h4-14,17-18H,15-16H2,1-3H3. The van der Waals surface area contributed by atoms with E-state index in [0.717, 1.165) is 22.6 Å². The summed E-state index contributed by atoms with van der Waals surface area (Å²) in [6.45, 7) is 0.471. The molecule has 0 saturated heterocycles. The van der Waals surface area contributed by atoms with E-state index in [-0.39, 0.29) is 5.91 Å². The summed E-state index contributed by atoms with van der Waals surface area (Å²) in [5.41, 5.74) is 3.45. The quantitative estimate of drug-likeness (QED) is 0.310. The number of carbonyl (C=O) groups excluding carboxylic acids is 1. The average Bonchev–Trinajstić information content (AvgIpc) is 3.39. The van der Waals surface area contributed by atoms with Crippen LogP contribution in [0.25, 0.3) is 11.3 Å². The predicted molar refractivity (Wildman–Crippen MR) is 135 cm³/mol. The Balaban J connectivity index is 1.61. The molecule has 174 valence electrons. The molecule has 0 aliphatic heterocycles. The Morgan fingerprint density at radius 3 is 2.29 bits per heavy atom. The zero-order chi connectivity index (χ0) is 23.9. The number of anilines is 1. The Morgan fingerprint density at radius 2 is 1.62 bits per heavy atom. The number of thiazole rings is 1. The Morgan fingerprint density at radius 1 is 0.882 bits per heavy atom. The van der Waals surface area contributed by atoms with Crippen molar-refractivity contribution in [3.8, 4) is 28.5 Å². The SMILES string of the molecule is COc1ccc(-c2csc(N(CCc3ccc(OC)c(OC)c3)C(=O)c3ccccc3)n2)cc1. The van der Waals surface area contributed by atoms with Crippen LogP contribution in [0.1, 0.15) is 15.9 Å². The zero-order valence-electron chi connectivity index (χ0n) is 19.4. The molecule has 7 heteroatoms. The number of aromatic nitrogens is 1. The van der Waals surface area contributed by atoms with E-state index >= 15 is 0 Å². The summed E-state index contributed by atoms with van der Waals surface area (Å²) in [7, 11) is 4.87. The van der Waals surface area contributed by atoms with Crippen molar-refractivity contribution in [2.24, 2.45) is 0 Å². The molecule has 1 amide bonds. The topological polar surface area (TPSA) is 60.9 Å². The second-order valence-electron chi connectivity index (χ2n) is 7.51. The van der Waals surface area contributed by atoms with Gasteiger partial charge in [-0.3, -0.25) is 9.69 Å². The number of methoxy groups -OCH3 is 3. The van der Waals surface area contributed by atoms with Gasteiger partial charge in [0, 0.05) is 23.1 Å². The minimum atomic E-state index is -0.0864. The van der Waals surface area contributed by atoms with Crippen LogP contribution in [-0.2, 0) is 6.42 Å². The van der Waals surface area contributed by atoms with Crippen LogP contribution in [0.15, 0.2) is 78.2 Å². The molecule has 0 saturated carbocycles. The molecular weight excluding hydrogens is 448 g/mol. The fourth-order valence-electron chi connectivity index (χ4n) is 3.58. The molecule has 4 aromatic rings. The van der Waals surface area contributed by atoms with Crippen LogP contribution in [0.3, 0.4) is 0 Å². The summed E-state index contributed by atoms with van der Waals surface area (Å²) in [5.74, 6) is 2.04. The van der Waals surface area contributed by atoms with Crippen molar-refractivity contribution in [2.75, 3.05) is 32.8 Å². The number of amides is 1. The van der Waals surface area contributed by atoms with Gasteiger partial charge in [0.1, 0.15) is 5.75 Å². The number of rotatable bonds is 9. The van der Waals surface area contributed by atoms with Crippen LogP contribution >= 0.6 is 11.3 Å². The molecule has 1 heterocycles. The number of hydrogen-bond donors (Lipinski definition) is 0. The van der Waals surface area contributed by atoms with Crippen LogP contribution < -0.4 is 19.1 Å². The third kappa shape index (κ3) is 5.21. The fourth-order valence-corrected chi connectivity index (χ4v) is 4.44. The van der Waals surface area contributed by atoms with Gasteiger partial charge in [-0.2, -0.15) is 0 Å². The molecule has 0 unspecified atom stereocenters. The Kier molecular flexibility index (Phi) is 7.44. The number of ether oxygens (including phenoxy) is 3. The highest BCUT2D eigenvalue weighted by molar-refractivity contribution is 7.14. The van der Waals surface area contributed by atoms with Crippen molar-refractivity contribution in [2.45, 2.75) is 6.42 Å². The highest BCUT2D eigenvalue weighted by Crippen LogP contribution is 2.31. The molecule has 0 fully saturated rings. The summed E-state index contributed by atoms with van der Waals surface area (Å²) in [4.78, 5) is 20.0. The van der Waals surface area contributed by atoms with Gasteiger partial charge in [0.25, 0.3) is 5.91 Å². The molecule has 6 nitrogen and oxygen atoms in total. The number of nitrogens with zero attached hydrogens (tertiary/aromatic N) is 2. The maximum Gasteiger partial charge on any atom is 0.260 e. The maximum atomic E-state index is 13.5. The van der Waals surface area contributed by atoms with Crippen LogP contribution in [-0.4, -0.2) is 38.8 Å². The molecule has 0 radical (unpaired) electrons. The van der Waals surface area contributed by atoms with Crippen molar-refractivity contribution in [3.63, 3.8) is 0 Å². The summed E-state index contributed by atoms with van der Waals surface area (Å²) in [6.07, 6.45) is 0.635. The summed E-state index contributed by atoms with van der Waals surface area (Å²) in [5, 5.41) is 2.62. The Labute approximate surface area is 203 Å². The molecule has 0 aliphatic rings. The monoisotopic (exact) mass is 474 g/mol. The number of hydrogen-bond acceptors (Lipinski definition) is 6. The van der Waals surface area contributed by atoms with Crippen LogP contribution in [0.5, 0.6) is 17.2 Å². The number of carbonyl (C=O) groups is 1. The summed E-state index contributed by atoms with van der Waals surface area (Å²) >= 11 is 1.45. The normalized spacial score (nSPS) is 10.6. The lowest BCUT2D eigenvalue weighted by atomic mass is 10.1. The van der Waals surface area contributed by atoms with Gasteiger partial charge < -0.3 is 14.2 Å². The van der Waals surface area contributed by atoms with Gasteiger partial charge >= 0.3 is 0 Å². The first-order valence-electron chi connectivity index (χ1n) is 10.8. The zero-order valence-corrected chi connectivity index (χ0v) is 20.2. The molecule has 4 rings (SSSR count). The smallest absolute Gasteiger partial charge is 0.260 e. The fraction of sp³-hybridized carbons (Fsp3) is 0.185. The van der Waals surface area contributed by atoms with E-state index in [4.69, 9.17) is 19.2 Å². The molecule has 34 heavy (non-hydrogen) atoms. The second kappa shape index (κ2) is 10.9. The van der Waals surface area contributed by atoms with E-state index in [9.17, 15) is 4.79 Å². The molecular formula is C27H26N2O4S. The van der Waals surface area contributed by atoms with Crippen LogP contribution in [0, 0.1) is 0 Å². The third-order valence-corrected chi connectivity index (χ3v) is 6.31. The van der Waals surface area contributed by atoms with Crippen LogP contribution in [0.4, 0.5) is 5.13 Å². The van der Waals surface area contributed by atoms with E-state index in [0.29, 0.717) is 35.2 Å². The van der Waals surface area contributed by atoms with Crippen molar-refractivity contribution >= 4 is 22.4 Å². The lowest BCUT2D eigenvalue weighted by molar-refractivity contribution is 0.0987. The minimum absolute atomic E-state index is 0.0864. The molecule has 0 N–H and O–H groups in total. The van der Waals surface area contributed by atoms with Crippen LogP contribution in [0.2, 0.25) is 0 Å². The van der Waals surface area contributed by atoms with E-state index in [1.54, 1.807) is 26.2 Å². The first-order chi connectivity index (χ1) is 16.6. The Bertz CT molecular complexity index is 1240. The van der Waals surface area contributed by atoms with Crippen molar-refractivity contribution < 1.29 is 19.0 Å². The van der Waals surface area contributed by atoms with Crippen molar-refractivity contribution in [1.29, 1.82) is 0 Å². The van der Waals surface area contributed by atoms with Gasteiger partial charge in [0.2, 0.25) is 0 Å². The van der Waals surface area contributed by atoms with E-state index in [1.165, 1.54) is 11.3 Å². The second-order valence-corrected chi connectivity index (χ2v) is 8.34. The van der Waals surface area contributed by atoms with Crippen molar-refractivity contribution in [1.82, 2.24) is 4.98 Å². The first kappa shape index (κ1) is 23.3. The third-order valence-electron chi connectivity index (χ3n) is 5.45. The summed E-state index contributed by atoms with van der Waals surface area (Å²) < 4.78 is 16.0. The Hall–Kier alpha value is -3.84. The van der Waals surface area contributed by atoms with Gasteiger partial charge in [-0.1, -0.05) is 24.3 Å². The van der Waals surface area contributed by atoms with Gasteiger partial charge in [0.15, 0.2) is 16.6 Å². The molecule has 0 spiro atoms. The first-order valence-corrected chi connectivity index (χ1v) is 11.7. The predicted octanol–water partition coefficient (Wildman–Crippen LogP) is 5.73. The molecule has 3 aromatic carbocycles. The highest BCUT2D eigenvalue weighted by atomic mass is 32.1. The molecule has 0 bridgehead atoms. The molecule has 0 atom stereocenters. The van der Waals surface area contributed by atoms with Gasteiger partial charge in [-0.15, -0.1) is 11.3 Å². The van der Waals surface area contributed by atoms with E-state index < -0.39 is 0 Å². The highest BCUT2D eigenvalue weighted by Gasteiger charge is 2.21. The largest absolute Gasteiger partial charge is 0.497 e. The average molecular weight is 475 g/mol. The number of benzene rings is 3. The molecule has 1 aromatic heterocycles. The van der Waals surface area contributed by atoms with E-state index in [1.807, 2.05) is 78.2 Å². The van der Waals surface area contributed by atoms with Gasteiger partial charge in [-0.25, -0.2) is 4.98 Å². The van der Waals surface area contributed by atoms with Gasteiger partial charge in [-0.05, 0) is 60.5 Å². The van der Waals surface area contributed by atoms with Crippen molar-refractivity contribution in [3.05, 3.63) is 89.3 Å². The molecule has 0 aliphatic carbocycles. The lowest BCUT2D eigenvalue weighted by Crippen LogP contribution is -2.32. The maximum absolute atomic E-state index is 13.5. The lowest BCUT2D eigenvalue weighted by Gasteiger charge is -2.20. The minimum Gasteiger partial charge on any atom is -0.497 e. The summed E-state index contributed by atoms with van der Waals surface area (Å²) in [6, 6.07) is 22.8. The van der Waals surface area contributed by atoms with E-state index in [2.05, 4.69) is 0 Å².